The molecule has 1 aromatic carbocycles. The lowest BCUT2D eigenvalue weighted by molar-refractivity contribution is -0.00317. The van der Waals surface area contributed by atoms with E-state index >= 15 is 0 Å². The Kier molecular flexibility index (Phi) is 6.74. The fraction of sp³-hybridized carbons (Fsp3) is 0.538. The van der Waals surface area contributed by atoms with E-state index in [-0.39, 0.29) is 6.54 Å². The van der Waals surface area contributed by atoms with Crippen LogP contribution >= 0.6 is 0 Å². The number of hydrogen-bond donors (Lipinski definition) is 2. The number of halogens is 2. The van der Waals surface area contributed by atoms with Crippen LogP contribution < -0.4 is 5.32 Å². The second-order valence-corrected chi connectivity index (χ2v) is 4.05. The second kappa shape index (κ2) is 8.14. The van der Waals surface area contributed by atoms with Crippen LogP contribution in [0.15, 0.2) is 30.3 Å². The SMILES string of the molecule is OC(CNCCCCc1ccccc1)C(F)F. The largest absolute Gasteiger partial charge is 0.386 e. The van der Waals surface area contributed by atoms with E-state index in [0.29, 0.717) is 6.54 Å². The third-order valence-electron chi connectivity index (χ3n) is 2.56. The van der Waals surface area contributed by atoms with Gasteiger partial charge in [-0.05, 0) is 31.4 Å². The summed E-state index contributed by atoms with van der Waals surface area (Å²) >= 11 is 0. The van der Waals surface area contributed by atoms with Gasteiger partial charge in [-0.1, -0.05) is 30.3 Å². The van der Waals surface area contributed by atoms with Crippen molar-refractivity contribution < 1.29 is 13.9 Å². The molecule has 0 saturated heterocycles. The molecule has 4 heteroatoms. The molecule has 0 heterocycles. The summed E-state index contributed by atoms with van der Waals surface area (Å²) in [6.07, 6.45) is -1.28. The number of hydrogen-bond acceptors (Lipinski definition) is 2. The maximum Gasteiger partial charge on any atom is 0.265 e. The van der Waals surface area contributed by atoms with Gasteiger partial charge in [-0.15, -0.1) is 0 Å². The number of nitrogens with one attached hydrogen (secondary N) is 1. The molecule has 2 N–H and O–H groups in total. The Bertz CT molecular complexity index is 293. The summed E-state index contributed by atoms with van der Waals surface area (Å²) in [5.74, 6) is 0. The van der Waals surface area contributed by atoms with Gasteiger partial charge in [-0.2, -0.15) is 0 Å². The molecule has 0 amide bonds. The zero-order chi connectivity index (χ0) is 12.5. The molecule has 0 aliphatic rings. The predicted molar refractivity (Wildman–Crippen MR) is 64.3 cm³/mol. The highest BCUT2D eigenvalue weighted by Gasteiger charge is 2.15. The highest BCUT2D eigenvalue weighted by molar-refractivity contribution is 5.14. The van der Waals surface area contributed by atoms with Gasteiger partial charge in [-0.25, -0.2) is 8.78 Å². The first kappa shape index (κ1) is 14.1. The van der Waals surface area contributed by atoms with Crippen LogP contribution in [-0.2, 0) is 6.42 Å². The third kappa shape index (κ3) is 6.34. The summed E-state index contributed by atoms with van der Waals surface area (Å²) in [6, 6.07) is 10.2. The van der Waals surface area contributed by atoms with Gasteiger partial charge < -0.3 is 10.4 Å². The zero-order valence-electron chi connectivity index (χ0n) is 9.78. The second-order valence-electron chi connectivity index (χ2n) is 4.05. The first-order chi connectivity index (χ1) is 8.20. The van der Waals surface area contributed by atoms with E-state index in [9.17, 15) is 8.78 Å². The molecule has 0 aromatic heterocycles. The van der Waals surface area contributed by atoms with Gasteiger partial charge in [0.05, 0.1) is 0 Å². The molecule has 0 radical (unpaired) electrons. The quantitative estimate of drug-likeness (QED) is 0.686. The Morgan fingerprint density at radius 3 is 2.47 bits per heavy atom. The average Bonchev–Trinajstić information content (AvgIpc) is 2.34. The van der Waals surface area contributed by atoms with Crippen molar-refractivity contribution in [3.8, 4) is 0 Å². The number of unbranched alkanes of at least 4 members (excludes halogenated alkanes) is 1. The summed E-state index contributed by atoms with van der Waals surface area (Å²) in [7, 11) is 0. The Balaban J connectivity index is 1.98. The van der Waals surface area contributed by atoms with Crippen LogP contribution in [0.3, 0.4) is 0 Å². The van der Waals surface area contributed by atoms with Gasteiger partial charge in [0.25, 0.3) is 6.43 Å². The van der Waals surface area contributed by atoms with Crippen molar-refractivity contribution in [3.63, 3.8) is 0 Å². The van der Waals surface area contributed by atoms with Gasteiger partial charge >= 0.3 is 0 Å². The van der Waals surface area contributed by atoms with Crippen LogP contribution in [0, 0.1) is 0 Å². The molecular formula is C13H19F2NO. The fourth-order valence-electron chi connectivity index (χ4n) is 1.56. The first-order valence-electron chi connectivity index (χ1n) is 5.91. The molecule has 0 aliphatic carbocycles. The molecular weight excluding hydrogens is 224 g/mol. The fourth-order valence-corrected chi connectivity index (χ4v) is 1.56. The lowest BCUT2D eigenvalue weighted by Gasteiger charge is -2.10. The minimum atomic E-state index is -2.66. The van der Waals surface area contributed by atoms with Crippen molar-refractivity contribution in [2.45, 2.75) is 31.8 Å². The molecule has 2 nitrogen and oxygen atoms in total. The van der Waals surface area contributed by atoms with Gasteiger partial charge in [0.1, 0.15) is 6.10 Å². The average molecular weight is 243 g/mol. The van der Waals surface area contributed by atoms with Crippen LogP contribution in [0.1, 0.15) is 18.4 Å². The summed E-state index contributed by atoms with van der Waals surface area (Å²) in [5.41, 5.74) is 1.29. The number of aliphatic hydroxyl groups is 1. The van der Waals surface area contributed by atoms with Gasteiger partial charge in [0.15, 0.2) is 0 Å². The van der Waals surface area contributed by atoms with Crippen LogP contribution in [0.2, 0.25) is 0 Å². The maximum absolute atomic E-state index is 11.9. The van der Waals surface area contributed by atoms with Crippen molar-refractivity contribution >= 4 is 0 Å². The van der Waals surface area contributed by atoms with Crippen LogP contribution in [0.4, 0.5) is 8.78 Å². The van der Waals surface area contributed by atoms with Crippen molar-refractivity contribution in [2.75, 3.05) is 13.1 Å². The Morgan fingerprint density at radius 2 is 1.82 bits per heavy atom. The Labute approximate surface area is 101 Å². The lowest BCUT2D eigenvalue weighted by Crippen LogP contribution is -2.32. The van der Waals surface area contributed by atoms with Gasteiger partial charge in [0, 0.05) is 6.54 Å². The van der Waals surface area contributed by atoms with E-state index in [1.54, 1.807) is 0 Å². The number of rotatable bonds is 8. The van der Waals surface area contributed by atoms with E-state index in [1.165, 1.54) is 5.56 Å². The maximum atomic E-state index is 11.9. The highest BCUT2D eigenvalue weighted by atomic mass is 19.3. The van der Waals surface area contributed by atoms with Crippen molar-refractivity contribution in [3.05, 3.63) is 35.9 Å². The summed E-state index contributed by atoms with van der Waals surface area (Å²) in [4.78, 5) is 0. The summed E-state index contributed by atoms with van der Waals surface area (Å²) in [5, 5.41) is 11.7. The van der Waals surface area contributed by atoms with Crippen LogP contribution in [0.25, 0.3) is 0 Å². The molecule has 0 saturated carbocycles. The van der Waals surface area contributed by atoms with E-state index in [0.717, 1.165) is 19.3 Å². The van der Waals surface area contributed by atoms with Crippen LogP contribution in [0.5, 0.6) is 0 Å². The molecule has 0 fully saturated rings. The number of benzene rings is 1. The molecule has 0 spiro atoms. The van der Waals surface area contributed by atoms with E-state index in [4.69, 9.17) is 5.11 Å². The minimum absolute atomic E-state index is 0.0387. The molecule has 1 atom stereocenters. The van der Waals surface area contributed by atoms with Crippen molar-refractivity contribution in [1.82, 2.24) is 5.32 Å². The normalized spacial score (nSPS) is 12.9. The third-order valence-corrected chi connectivity index (χ3v) is 2.56. The number of alkyl halides is 2. The molecule has 1 rings (SSSR count). The van der Waals surface area contributed by atoms with E-state index < -0.39 is 12.5 Å². The number of aryl methyl sites for hydroxylation is 1. The molecule has 1 unspecified atom stereocenters. The van der Waals surface area contributed by atoms with Crippen LogP contribution in [-0.4, -0.2) is 30.7 Å². The highest BCUT2D eigenvalue weighted by Crippen LogP contribution is 2.04. The molecule has 0 bridgehead atoms. The standard InChI is InChI=1S/C13H19F2NO/c14-13(15)12(17)10-16-9-5-4-8-11-6-2-1-3-7-11/h1-3,6-7,12-13,16-17H,4-5,8-10H2. The Morgan fingerprint density at radius 1 is 1.12 bits per heavy atom. The molecule has 96 valence electrons. The topological polar surface area (TPSA) is 32.3 Å². The van der Waals surface area contributed by atoms with Gasteiger partial charge in [-0.3, -0.25) is 0 Å². The van der Waals surface area contributed by atoms with Crippen molar-refractivity contribution in [2.24, 2.45) is 0 Å². The smallest absolute Gasteiger partial charge is 0.265 e. The zero-order valence-corrected chi connectivity index (χ0v) is 9.78. The monoisotopic (exact) mass is 243 g/mol. The van der Waals surface area contributed by atoms with Gasteiger partial charge in [0.2, 0.25) is 0 Å². The van der Waals surface area contributed by atoms with Crippen molar-refractivity contribution in [1.29, 1.82) is 0 Å². The van der Waals surface area contributed by atoms with E-state index in [2.05, 4.69) is 17.4 Å². The predicted octanol–water partition coefficient (Wildman–Crippen LogP) is 2.22. The lowest BCUT2D eigenvalue weighted by atomic mass is 10.1. The number of aliphatic hydroxyl groups excluding tert-OH is 1. The molecule has 0 aliphatic heterocycles. The first-order valence-corrected chi connectivity index (χ1v) is 5.91. The summed E-state index contributed by atoms with van der Waals surface area (Å²) in [6.45, 7) is 0.625. The Hall–Kier alpha value is -1.00. The minimum Gasteiger partial charge on any atom is -0.386 e. The molecule has 17 heavy (non-hydrogen) atoms. The van der Waals surface area contributed by atoms with E-state index in [1.807, 2.05) is 18.2 Å². The molecule has 1 aromatic rings. The summed E-state index contributed by atoms with van der Waals surface area (Å²) < 4.78 is 23.9.